The minimum absolute atomic E-state index is 0.203. The SMILES string of the molecule is CCCCCCC1(N)CCCCCCC1. The molecule has 1 heteroatoms. The van der Waals surface area contributed by atoms with Crippen molar-refractivity contribution in [3.63, 3.8) is 0 Å². The van der Waals surface area contributed by atoms with Crippen molar-refractivity contribution in [2.75, 3.05) is 0 Å². The van der Waals surface area contributed by atoms with Crippen LogP contribution < -0.4 is 5.73 Å². The summed E-state index contributed by atoms with van der Waals surface area (Å²) in [4.78, 5) is 0. The van der Waals surface area contributed by atoms with Crippen LogP contribution in [0.25, 0.3) is 0 Å². The van der Waals surface area contributed by atoms with E-state index >= 15 is 0 Å². The highest BCUT2D eigenvalue weighted by Crippen LogP contribution is 2.28. The molecule has 2 N–H and O–H groups in total. The summed E-state index contributed by atoms with van der Waals surface area (Å²) in [6.07, 6.45) is 16.3. The quantitative estimate of drug-likeness (QED) is 0.670. The minimum Gasteiger partial charge on any atom is -0.325 e. The van der Waals surface area contributed by atoms with Crippen LogP contribution in [0.15, 0.2) is 0 Å². The van der Waals surface area contributed by atoms with Crippen molar-refractivity contribution < 1.29 is 0 Å². The Labute approximate surface area is 95.8 Å². The van der Waals surface area contributed by atoms with E-state index in [-0.39, 0.29) is 5.54 Å². The second-order valence-electron chi connectivity index (χ2n) is 5.44. The zero-order valence-electron chi connectivity index (χ0n) is 10.6. The lowest BCUT2D eigenvalue weighted by molar-refractivity contribution is 0.288. The van der Waals surface area contributed by atoms with Crippen molar-refractivity contribution in [2.45, 2.75) is 89.5 Å². The third-order valence-electron chi connectivity index (χ3n) is 3.88. The molecule has 0 amide bonds. The molecular formula is C14H29N. The first-order chi connectivity index (χ1) is 7.27. The molecule has 0 bridgehead atoms. The molecular weight excluding hydrogens is 182 g/mol. The highest BCUT2D eigenvalue weighted by Gasteiger charge is 2.24. The van der Waals surface area contributed by atoms with Gasteiger partial charge in [0, 0.05) is 5.54 Å². The monoisotopic (exact) mass is 211 g/mol. The topological polar surface area (TPSA) is 26.0 Å². The summed E-state index contributed by atoms with van der Waals surface area (Å²) >= 11 is 0. The maximum Gasteiger partial charge on any atom is 0.0154 e. The second kappa shape index (κ2) is 7.27. The van der Waals surface area contributed by atoms with Crippen LogP contribution in [0.2, 0.25) is 0 Å². The Hall–Kier alpha value is -0.0400. The van der Waals surface area contributed by atoms with Crippen molar-refractivity contribution >= 4 is 0 Å². The van der Waals surface area contributed by atoms with Crippen LogP contribution in [-0.2, 0) is 0 Å². The molecule has 1 rings (SSSR count). The summed E-state index contributed by atoms with van der Waals surface area (Å²) in [5.41, 5.74) is 6.71. The van der Waals surface area contributed by atoms with E-state index in [4.69, 9.17) is 5.73 Å². The van der Waals surface area contributed by atoms with E-state index < -0.39 is 0 Å². The van der Waals surface area contributed by atoms with Crippen LogP contribution in [0.4, 0.5) is 0 Å². The number of hydrogen-bond donors (Lipinski definition) is 1. The van der Waals surface area contributed by atoms with Crippen molar-refractivity contribution in [1.29, 1.82) is 0 Å². The maximum atomic E-state index is 6.51. The minimum atomic E-state index is 0.203. The van der Waals surface area contributed by atoms with Gasteiger partial charge in [0.1, 0.15) is 0 Å². The first-order valence-electron chi connectivity index (χ1n) is 7.06. The van der Waals surface area contributed by atoms with Gasteiger partial charge in [-0.3, -0.25) is 0 Å². The molecule has 0 spiro atoms. The van der Waals surface area contributed by atoms with Gasteiger partial charge in [0.25, 0.3) is 0 Å². The molecule has 0 atom stereocenters. The first-order valence-corrected chi connectivity index (χ1v) is 7.06. The van der Waals surface area contributed by atoms with Crippen LogP contribution in [0.1, 0.15) is 84.0 Å². The van der Waals surface area contributed by atoms with Crippen LogP contribution in [0.3, 0.4) is 0 Å². The molecule has 15 heavy (non-hydrogen) atoms. The van der Waals surface area contributed by atoms with E-state index in [2.05, 4.69) is 6.92 Å². The van der Waals surface area contributed by atoms with Crippen molar-refractivity contribution in [1.82, 2.24) is 0 Å². The van der Waals surface area contributed by atoms with Gasteiger partial charge < -0.3 is 5.73 Å². The molecule has 0 aromatic heterocycles. The smallest absolute Gasteiger partial charge is 0.0154 e. The summed E-state index contributed by atoms with van der Waals surface area (Å²) < 4.78 is 0. The number of nitrogens with two attached hydrogens (primary N) is 1. The molecule has 0 aromatic rings. The van der Waals surface area contributed by atoms with Crippen molar-refractivity contribution in [2.24, 2.45) is 5.73 Å². The van der Waals surface area contributed by atoms with E-state index in [1.165, 1.54) is 77.0 Å². The summed E-state index contributed by atoms with van der Waals surface area (Å²) in [6.45, 7) is 2.27. The average Bonchev–Trinajstić information content (AvgIpc) is 2.20. The molecule has 1 aliphatic carbocycles. The van der Waals surface area contributed by atoms with Gasteiger partial charge in [0.2, 0.25) is 0 Å². The summed E-state index contributed by atoms with van der Waals surface area (Å²) in [5.74, 6) is 0. The molecule has 90 valence electrons. The number of rotatable bonds is 5. The molecule has 1 nitrogen and oxygen atoms in total. The van der Waals surface area contributed by atoms with E-state index in [1.807, 2.05) is 0 Å². The van der Waals surface area contributed by atoms with Crippen molar-refractivity contribution in [3.05, 3.63) is 0 Å². The third kappa shape index (κ3) is 5.55. The Bertz CT molecular complexity index is 145. The van der Waals surface area contributed by atoms with Gasteiger partial charge in [0.15, 0.2) is 0 Å². The molecule has 0 aliphatic heterocycles. The Balaban J connectivity index is 2.21. The predicted octanol–water partition coefficient (Wildman–Crippen LogP) is 4.40. The van der Waals surface area contributed by atoms with Gasteiger partial charge in [-0.05, 0) is 19.3 Å². The molecule has 0 heterocycles. The highest BCUT2D eigenvalue weighted by molar-refractivity contribution is 4.84. The molecule has 0 saturated heterocycles. The van der Waals surface area contributed by atoms with Crippen LogP contribution in [0, 0.1) is 0 Å². The Morgan fingerprint density at radius 1 is 0.867 bits per heavy atom. The molecule has 1 saturated carbocycles. The number of hydrogen-bond acceptors (Lipinski definition) is 1. The van der Waals surface area contributed by atoms with Gasteiger partial charge in [0.05, 0.1) is 0 Å². The van der Waals surface area contributed by atoms with Gasteiger partial charge in [-0.15, -0.1) is 0 Å². The normalized spacial score (nSPS) is 22.0. The summed E-state index contributed by atoms with van der Waals surface area (Å²) in [6, 6.07) is 0. The van der Waals surface area contributed by atoms with Crippen LogP contribution >= 0.6 is 0 Å². The van der Waals surface area contributed by atoms with Crippen molar-refractivity contribution in [3.8, 4) is 0 Å². The zero-order chi connectivity index (χ0) is 11.0. The van der Waals surface area contributed by atoms with E-state index in [9.17, 15) is 0 Å². The Morgan fingerprint density at radius 2 is 1.47 bits per heavy atom. The van der Waals surface area contributed by atoms with E-state index in [1.54, 1.807) is 0 Å². The summed E-state index contributed by atoms with van der Waals surface area (Å²) in [5, 5.41) is 0. The Kier molecular flexibility index (Phi) is 6.31. The first kappa shape index (κ1) is 13.0. The summed E-state index contributed by atoms with van der Waals surface area (Å²) in [7, 11) is 0. The fourth-order valence-electron chi connectivity index (χ4n) is 2.76. The maximum absolute atomic E-state index is 6.51. The number of unbranched alkanes of at least 4 members (excludes halogenated alkanes) is 3. The lowest BCUT2D eigenvalue weighted by Crippen LogP contribution is -2.40. The Morgan fingerprint density at radius 3 is 2.07 bits per heavy atom. The average molecular weight is 211 g/mol. The fraction of sp³-hybridized carbons (Fsp3) is 1.00. The van der Waals surface area contributed by atoms with Gasteiger partial charge in [-0.1, -0.05) is 64.7 Å². The van der Waals surface area contributed by atoms with E-state index in [0.29, 0.717) is 0 Å². The fourth-order valence-corrected chi connectivity index (χ4v) is 2.76. The molecule has 0 radical (unpaired) electrons. The van der Waals surface area contributed by atoms with Crippen LogP contribution in [0.5, 0.6) is 0 Å². The molecule has 0 aromatic carbocycles. The largest absolute Gasteiger partial charge is 0.325 e. The van der Waals surface area contributed by atoms with Crippen LogP contribution in [-0.4, -0.2) is 5.54 Å². The second-order valence-corrected chi connectivity index (χ2v) is 5.44. The highest BCUT2D eigenvalue weighted by atomic mass is 14.7. The van der Waals surface area contributed by atoms with Gasteiger partial charge in [-0.25, -0.2) is 0 Å². The standard InChI is InChI=1S/C14H29N/c1-2-3-4-8-11-14(15)12-9-6-5-7-10-13-14/h2-13,15H2,1H3. The van der Waals surface area contributed by atoms with Gasteiger partial charge in [-0.2, -0.15) is 0 Å². The van der Waals surface area contributed by atoms with Gasteiger partial charge >= 0.3 is 0 Å². The lowest BCUT2D eigenvalue weighted by Gasteiger charge is -2.31. The van der Waals surface area contributed by atoms with E-state index in [0.717, 1.165) is 0 Å². The third-order valence-corrected chi connectivity index (χ3v) is 3.88. The molecule has 0 unspecified atom stereocenters. The predicted molar refractivity (Wildman–Crippen MR) is 68.0 cm³/mol. The zero-order valence-corrected chi connectivity index (χ0v) is 10.6. The lowest BCUT2D eigenvalue weighted by atomic mass is 9.81. The molecule has 1 fully saturated rings. The molecule has 1 aliphatic rings.